The van der Waals surface area contributed by atoms with E-state index in [-0.39, 0.29) is 21.5 Å². The van der Waals surface area contributed by atoms with Crippen LogP contribution >= 0.6 is 0 Å². The highest BCUT2D eigenvalue weighted by Crippen LogP contribution is 2.25. The first-order chi connectivity index (χ1) is 11.7. The lowest BCUT2D eigenvalue weighted by atomic mass is 10.2. The van der Waals surface area contributed by atoms with Crippen molar-refractivity contribution >= 4 is 25.7 Å². The molecule has 2 aromatic rings. The van der Waals surface area contributed by atoms with Gasteiger partial charge in [0.25, 0.3) is 10.0 Å². The van der Waals surface area contributed by atoms with E-state index < -0.39 is 25.9 Å². The van der Waals surface area contributed by atoms with E-state index in [1.165, 1.54) is 30.3 Å². The maximum Gasteiger partial charge on any atom is 0.262 e. The van der Waals surface area contributed by atoms with E-state index >= 15 is 0 Å². The highest BCUT2D eigenvalue weighted by molar-refractivity contribution is 7.93. The third-order valence-corrected chi connectivity index (χ3v) is 6.57. The third-order valence-electron chi connectivity index (χ3n) is 3.69. The van der Waals surface area contributed by atoms with Gasteiger partial charge in [-0.25, -0.2) is 25.9 Å². The van der Waals surface area contributed by atoms with E-state index in [9.17, 15) is 21.2 Å². The van der Waals surface area contributed by atoms with Gasteiger partial charge in [0.05, 0.1) is 15.5 Å². The zero-order valence-electron chi connectivity index (χ0n) is 13.4. The normalized spacial score (nSPS) is 15.1. The molecular formula is C16H17FN2O4S2. The molecule has 0 atom stereocenters. The van der Waals surface area contributed by atoms with Crippen LogP contribution in [0.1, 0.15) is 18.4 Å². The summed E-state index contributed by atoms with van der Waals surface area (Å²) >= 11 is 0. The Hall–Kier alpha value is -1.97. The summed E-state index contributed by atoms with van der Waals surface area (Å²) in [4.78, 5) is -0.404. The first kappa shape index (κ1) is 17.8. The maximum absolute atomic E-state index is 13.8. The van der Waals surface area contributed by atoms with Crippen LogP contribution in [0.5, 0.6) is 0 Å². The summed E-state index contributed by atoms with van der Waals surface area (Å²) in [5, 5.41) is 0. The molecule has 0 radical (unpaired) electrons. The number of hydrogen-bond donors (Lipinski definition) is 2. The fourth-order valence-corrected chi connectivity index (χ4v) is 4.75. The third kappa shape index (κ3) is 4.17. The molecular weight excluding hydrogens is 367 g/mol. The minimum absolute atomic E-state index is 0.0928. The molecule has 0 aromatic heterocycles. The van der Waals surface area contributed by atoms with Crippen molar-refractivity contribution in [2.75, 3.05) is 4.72 Å². The second kappa shape index (κ2) is 6.40. The number of anilines is 1. The van der Waals surface area contributed by atoms with Crippen LogP contribution in [0.3, 0.4) is 0 Å². The molecule has 0 heterocycles. The minimum atomic E-state index is -4.13. The lowest BCUT2D eigenvalue weighted by molar-refractivity contribution is 0.580. The van der Waals surface area contributed by atoms with Gasteiger partial charge in [-0.05, 0) is 55.7 Å². The van der Waals surface area contributed by atoms with E-state index in [4.69, 9.17) is 0 Å². The topological polar surface area (TPSA) is 92.3 Å². The van der Waals surface area contributed by atoms with Gasteiger partial charge in [-0.1, -0.05) is 12.1 Å². The predicted octanol–water partition coefficient (Wildman–Crippen LogP) is 2.38. The molecule has 6 nitrogen and oxygen atoms in total. The fourth-order valence-electron chi connectivity index (χ4n) is 2.22. The van der Waals surface area contributed by atoms with Gasteiger partial charge in [0.15, 0.2) is 0 Å². The van der Waals surface area contributed by atoms with Crippen molar-refractivity contribution in [2.45, 2.75) is 35.6 Å². The minimum Gasteiger partial charge on any atom is -0.277 e. The first-order valence-electron chi connectivity index (χ1n) is 7.59. The molecule has 134 valence electrons. The van der Waals surface area contributed by atoms with Gasteiger partial charge >= 0.3 is 0 Å². The largest absolute Gasteiger partial charge is 0.277 e. The highest BCUT2D eigenvalue weighted by Gasteiger charge is 2.28. The zero-order chi connectivity index (χ0) is 18.2. The van der Waals surface area contributed by atoms with Crippen LogP contribution in [0, 0.1) is 12.7 Å². The number of nitrogens with one attached hydrogen (secondary N) is 2. The molecule has 0 aliphatic heterocycles. The summed E-state index contributed by atoms with van der Waals surface area (Å²) in [5.41, 5.74) is 0.494. The van der Waals surface area contributed by atoms with Gasteiger partial charge in [0.2, 0.25) is 10.0 Å². The predicted molar refractivity (Wildman–Crippen MR) is 91.7 cm³/mol. The molecule has 25 heavy (non-hydrogen) atoms. The Balaban J connectivity index is 1.92. The summed E-state index contributed by atoms with van der Waals surface area (Å²) in [6.45, 7) is 1.70. The molecule has 0 amide bonds. The number of halogens is 1. The van der Waals surface area contributed by atoms with Crippen molar-refractivity contribution in [3.63, 3.8) is 0 Å². The average molecular weight is 384 g/mol. The average Bonchev–Trinajstić information content (AvgIpc) is 3.34. The van der Waals surface area contributed by atoms with E-state index in [0.29, 0.717) is 5.56 Å². The molecule has 0 saturated heterocycles. The molecule has 2 aromatic carbocycles. The molecule has 1 aliphatic rings. The molecule has 0 unspecified atom stereocenters. The van der Waals surface area contributed by atoms with E-state index in [1.807, 2.05) is 0 Å². The summed E-state index contributed by atoms with van der Waals surface area (Å²) < 4.78 is 67.9. The Morgan fingerprint density at radius 3 is 2.24 bits per heavy atom. The van der Waals surface area contributed by atoms with Gasteiger partial charge in [0, 0.05) is 6.04 Å². The molecule has 1 fully saturated rings. The molecule has 2 N–H and O–H groups in total. The van der Waals surface area contributed by atoms with Crippen molar-refractivity contribution in [3.8, 4) is 0 Å². The second-order valence-electron chi connectivity index (χ2n) is 5.96. The SMILES string of the molecule is Cc1ccc(F)c(NS(=O)(=O)c2cccc(S(=O)(=O)NC3CC3)c2)c1. The number of hydrogen-bond acceptors (Lipinski definition) is 4. The van der Waals surface area contributed by atoms with Crippen molar-refractivity contribution in [1.29, 1.82) is 0 Å². The lowest BCUT2D eigenvalue weighted by Crippen LogP contribution is -2.26. The monoisotopic (exact) mass is 384 g/mol. The number of benzene rings is 2. The van der Waals surface area contributed by atoms with Gasteiger partial charge in [-0.3, -0.25) is 4.72 Å². The fraction of sp³-hybridized carbons (Fsp3) is 0.250. The summed E-state index contributed by atoms with van der Waals surface area (Å²) in [6.07, 6.45) is 1.54. The Morgan fingerprint density at radius 2 is 1.60 bits per heavy atom. The van der Waals surface area contributed by atoms with Gasteiger partial charge in [-0.15, -0.1) is 0 Å². The van der Waals surface area contributed by atoms with Gasteiger partial charge < -0.3 is 0 Å². The Labute approximate surface area is 146 Å². The van der Waals surface area contributed by atoms with Crippen LogP contribution in [-0.4, -0.2) is 22.9 Å². The molecule has 3 rings (SSSR count). The number of sulfonamides is 2. The quantitative estimate of drug-likeness (QED) is 0.800. The molecule has 0 spiro atoms. The number of rotatable bonds is 6. The lowest BCUT2D eigenvalue weighted by Gasteiger charge is -2.11. The highest BCUT2D eigenvalue weighted by atomic mass is 32.2. The van der Waals surface area contributed by atoms with Crippen molar-refractivity contribution in [3.05, 3.63) is 53.8 Å². The Kier molecular flexibility index (Phi) is 4.56. The van der Waals surface area contributed by atoms with Crippen molar-refractivity contribution < 1.29 is 21.2 Å². The van der Waals surface area contributed by atoms with E-state index in [1.54, 1.807) is 6.92 Å². The summed E-state index contributed by atoms with van der Waals surface area (Å²) in [5.74, 6) is -0.714. The second-order valence-corrected chi connectivity index (χ2v) is 9.36. The van der Waals surface area contributed by atoms with Gasteiger partial charge in [-0.2, -0.15) is 0 Å². The van der Waals surface area contributed by atoms with Crippen molar-refractivity contribution in [2.24, 2.45) is 0 Å². The smallest absolute Gasteiger partial charge is 0.262 e. The van der Waals surface area contributed by atoms with Crippen molar-refractivity contribution in [1.82, 2.24) is 4.72 Å². The molecule has 1 saturated carbocycles. The maximum atomic E-state index is 13.8. The molecule has 0 bridgehead atoms. The molecule has 1 aliphatic carbocycles. The van der Waals surface area contributed by atoms with Crippen LogP contribution < -0.4 is 9.44 Å². The summed E-state index contributed by atoms with van der Waals surface area (Å²) in [6, 6.07) is 8.91. The van der Waals surface area contributed by atoms with Crippen LogP contribution in [0.4, 0.5) is 10.1 Å². The Morgan fingerprint density at radius 1 is 0.960 bits per heavy atom. The van der Waals surface area contributed by atoms with Crippen LogP contribution in [0.2, 0.25) is 0 Å². The van der Waals surface area contributed by atoms with Crippen LogP contribution in [-0.2, 0) is 20.0 Å². The number of aryl methyl sites for hydroxylation is 1. The van der Waals surface area contributed by atoms with E-state index in [0.717, 1.165) is 25.0 Å². The zero-order valence-corrected chi connectivity index (χ0v) is 15.0. The summed E-state index contributed by atoms with van der Waals surface area (Å²) in [7, 11) is -7.91. The van der Waals surface area contributed by atoms with E-state index in [2.05, 4.69) is 9.44 Å². The molecule has 9 heteroatoms. The van der Waals surface area contributed by atoms with Crippen LogP contribution in [0.25, 0.3) is 0 Å². The first-order valence-corrected chi connectivity index (χ1v) is 10.6. The Bertz CT molecular complexity index is 1020. The van der Waals surface area contributed by atoms with Crippen LogP contribution in [0.15, 0.2) is 52.3 Å². The standard InChI is InChI=1S/C16H17FN2O4S2/c1-11-5-8-15(17)16(9-11)19-25(22,23)14-4-2-3-13(10-14)24(20,21)18-12-6-7-12/h2-5,8-10,12,18-19H,6-7H2,1H3. The van der Waals surface area contributed by atoms with Gasteiger partial charge in [0.1, 0.15) is 5.82 Å².